The van der Waals surface area contributed by atoms with Gasteiger partial charge in [0.05, 0.1) is 11.4 Å². The Hall–Kier alpha value is -2.17. The minimum absolute atomic E-state index is 0.872. The van der Waals surface area contributed by atoms with Gasteiger partial charge in [0.15, 0.2) is 0 Å². The van der Waals surface area contributed by atoms with Crippen molar-refractivity contribution < 1.29 is 0 Å². The lowest BCUT2D eigenvalue weighted by molar-refractivity contribution is 1.31. The van der Waals surface area contributed by atoms with Crippen LogP contribution in [0.15, 0.2) is 87.8 Å². The van der Waals surface area contributed by atoms with Gasteiger partial charge >= 0.3 is 0 Å². The summed E-state index contributed by atoms with van der Waals surface area (Å²) in [7, 11) is 0. The number of rotatable bonds is 3. The van der Waals surface area contributed by atoms with Crippen molar-refractivity contribution in [2.24, 2.45) is 0 Å². The predicted molar refractivity (Wildman–Crippen MR) is 110 cm³/mol. The van der Waals surface area contributed by atoms with E-state index >= 15 is 0 Å². The van der Waals surface area contributed by atoms with Crippen LogP contribution in [-0.2, 0) is 0 Å². The average Bonchev–Trinajstić information content (AvgIpc) is 3.09. The maximum atomic E-state index is 4.90. The van der Waals surface area contributed by atoms with Gasteiger partial charge < -0.3 is 4.98 Å². The van der Waals surface area contributed by atoms with Gasteiger partial charge in [-0.2, -0.15) is 0 Å². The van der Waals surface area contributed by atoms with Crippen molar-refractivity contribution in [3.63, 3.8) is 0 Å². The molecule has 3 aromatic carbocycles. The summed E-state index contributed by atoms with van der Waals surface area (Å²) in [5.41, 5.74) is 5.24. The van der Waals surface area contributed by atoms with E-state index in [-0.39, 0.29) is 0 Å². The standard InChI is InChI=1S/C21H14Br2N2/c22-17-10-6-14(7-11-17)19-20(15-8-12-18(23)13-9-15)25-21(24-19)16-4-2-1-3-5-16/h1-13H,(H,24,25). The highest BCUT2D eigenvalue weighted by molar-refractivity contribution is 9.10. The summed E-state index contributed by atoms with van der Waals surface area (Å²) in [5, 5.41) is 0. The maximum absolute atomic E-state index is 4.90. The second-order valence-corrected chi connectivity index (χ2v) is 7.52. The molecule has 2 nitrogen and oxygen atoms in total. The van der Waals surface area contributed by atoms with Crippen molar-refractivity contribution in [2.75, 3.05) is 0 Å². The summed E-state index contributed by atoms with van der Waals surface area (Å²) in [4.78, 5) is 8.41. The van der Waals surface area contributed by atoms with E-state index in [9.17, 15) is 0 Å². The number of imidazole rings is 1. The number of aromatic nitrogens is 2. The monoisotopic (exact) mass is 452 g/mol. The summed E-state index contributed by atoms with van der Waals surface area (Å²) in [6.45, 7) is 0. The van der Waals surface area contributed by atoms with Gasteiger partial charge in [-0.3, -0.25) is 0 Å². The van der Waals surface area contributed by atoms with Crippen LogP contribution in [0.3, 0.4) is 0 Å². The van der Waals surface area contributed by atoms with Crippen LogP contribution in [-0.4, -0.2) is 9.97 Å². The molecule has 1 aromatic heterocycles. The Morgan fingerprint density at radius 3 is 1.76 bits per heavy atom. The molecule has 0 atom stereocenters. The first-order valence-electron chi connectivity index (χ1n) is 7.88. The number of nitrogens with zero attached hydrogens (tertiary/aromatic N) is 1. The number of nitrogens with one attached hydrogen (secondary N) is 1. The molecule has 0 amide bonds. The lowest BCUT2D eigenvalue weighted by Gasteiger charge is -2.04. The van der Waals surface area contributed by atoms with E-state index in [2.05, 4.69) is 73.2 Å². The summed E-state index contributed by atoms with van der Waals surface area (Å²) in [6, 6.07) is 26.7. The molecule has 0 fully saturated rings. The van der Waals surface area contributed by atoms with Gasteiger partial charge in [-0.05, 0) is 24.3 Å². The van der Waals surface area contributed by atoms with Gasteiger partial charge in [-0.25, -0.2) is 4.98 Å². The third-order valence-electron chi connectivity index (χ3n) is 4.00. The van der Waals surface area contributed by atoms with E-state index in [1.165, 1.54) is 0 Å². The smallest absolute Gasteiger partial charge is 0.138 e. The summed E-state index contributed by atoms with van der Waals surface area (Å²) < 4.78 is 2.12. The van der Waals surface area contributed by atoms with Crippen LogP contribution in [0.4, 0.5) is 0 Å². The van der Waals surface area contributed by atoms with Crippen LogP contribution in [0.2, 0.25) is 0 Å². The molecule has 0 saturated heterocycles. The third-order valence-corrected chi connectivity index (χ3v) is 5.06. The Morgan fingerprint density at radius 1 is 0.600 bits per heavy atom. The van der Waals surface area contributed by atoms with Crippen LogP contribution >= 0.6 is 31.9 Å². The number of hydrogen-bond acceptors (Lipinski definition) is 1. The van der Waals surface area contributed by atoms with E-state index in [1.54, 1.807) is 0 Å². The molecule has 0 aliphatic rings. The van der Waals surface area contributed by atoms with Gasteiger partial charge in [-0.1, -0.05) is 86.5 Å². The topological polar surface area (TPSA) is 28.7 Å². The van der Waals surface area contributed by atoms with E-state index in [4.69, 9.17) is 4.98 Å². The van der Waals surface area contributed by atoms with Crippen LogP contribution in [0, 0.1) is 0 Å². The first-order valence-corrected chi connectivity index (χ1v) is 9.46. The number of benzene rings is 3. The molecule has 25 heavy (non-hydrogen) atoms. The normalized spacial score (nSPS) is 10.8. The molecular weight excluding hydrogens is 440 g/mol. The fourth-order valence-electron chi connectivity index (χ4n) is 2.75. The molecule has 4 aromatic rings. The molecule has 4 rings (SSSR count). The van der Waals surface area contributed by atoms with E-state index in [0.717, 1.165) is 42.8 Å². The van der Waals surface area contributed by atoms with Crippen molar-refractivity contribution >= 4 is 31.9 Å². The van der Waals surface area contributed by atoms with E-state index in [0.29, 0.717) is 0 Å². The maximum Gasteiger partial charge on any atom is 0.138 e. The Bertz CT molecular complexity index is 926. The number of hydrogen-bond donors (Lipinski definition) is 1. The molecule has 0 radical (unpaired) electrons. The predicted octanol–water partition coefficient (Wildman–Crippen LogP) is 6.94. The summed E-state index contributed by atoms with van der Waals surface area (Å²) >= 11 is 7.00. The fourth-order valence-corrected chi connectivity index (χ4v) is 3.28. The molecular formula is C21H14Br2N2. The first kappa shape index (κ1) is 16.3. The minimum Gasteiger partial charge on any atom is -0.337 e. The quantitative estimate of drug-likeness (QED) is 0.357. The molecule has 4 heteroatoms. The highest BCUT2D eigenvalue weighted by Crippen LogP contribution is 2.34. The fraction of sp³-hybridized carbons (Fsp3) is 0. The zero-order chi connectivity index (χ0) is 17.2. The molecule has 0 aliphatic heterocycles. The van der Waals surface area contributed by atoms with Gasteiger partial charge in [0.25, 0.3) is 0 Å². The summed E-state index contributed by atoms with van der Waals surface area (Å²) in [5.74, 6) is 0.872. The van der Waals surface area contributed by atoms with E-state index < -0.39 is 0 Å². The highest BCUT2D eigenvalue weighted by Gasteiger charge is 2.15. The van der Waals surface area contributed by atoms with Crippen LogP contribution in [0.1, 0.15) is 0 Å². The minimum atomic E-state index is 0.872. The molecule has 0 unspecified atom stereocenters. The SMILES string of the molecule is Brc1ccc(-c2nc(-c3ccccc3)[nH]c2-c2ccc(Br)cc2)cc1. The summed E-state index contributed by atoms with van der Waals surface area (Å²) in [6.07, 6.45) is 0. The Kier molecular flexibility index (Phi) is 4.55. The second-order valence-electron chi connectivity index (χ2n) is 5.69. The third kappa shape index (κ3) is 3.46. The van der Waals surface area contributed by atoms with Crippen LogP contribution < -0.4 is 0 Å². The number of halogens is 2. The average molecular weight is 454 g/mol. The molecule has 0 bridgehead atoms. The van der Waals surface area contributed by atoms with Crippen molar-refractivity contribution in [3.05, 3.63) is 87.8 Å². The van der Waals surface area contributed by atoms with Crippen LogP contribution in [0.5, 0.6) is 0 Å². The lowest BCUT2D eigenvalue weighted by atomic mass is 10.1. The van der Waals surface area contributed by atoms with Gasteiger partial charge in [-0.15, -0.1) is 0 Å². The van der Waals surface area contributed by atoms with Gasteiger partial charge in [0.1, 0.15) is 5.82 Å². The Labute approximate surface area is 163 Å². The largest absolute Gasteiger partial charge is 0.337 e. The molecule has 0 aliphatic carbocycles. The van der Waals surface area contributed by atoms with Crippen molar-refractivity contribution in [2.45, 2.75) is 0 Å². The number of H-pyrrole nitrogens is 1. The van der Waals surface area contributed by atoms with Gasteiger partial charge in [0, 0.05) is 25.6 Å². The van der Waals surface area contributed by atoms with Crippen LogP contribution in [0.25, 0.3) is 33.9 Å². The first-order chi connectivity index (χ1) is 12.2. The Morgan fingerprint density at radius 2 is 1.16 bits per heavy atom. The highest BCUT2D eigenvalue weighted by atomic mass is 79.9. The molecule has 1 heterocycles. The molecule has 122 valence electrons. The zero-order valence-corrected chi connectivity index (χ0v) is 16.4. The van der Waals surface area contributed by atoms with Gasteiger partial charge in [0.2, 0.25) is 0 Å². The molecule has 1 N–H and O–H groups in total. The Balaban J connectivity index is 1.89. The zero-order valence-electron chi connectivity index (χ0n) is 13.2. The molecule has 0 saturated carbocycles. The second kappa shape index (κ2) is 6.98. The molecule has 0 spiro atoms. The van der Waals surface area contributed by atoms with Crippen molar-refractivity contribution in [3.8, 4) is 33.9 Å². The van der Waals surface area contributed by atoms with Crippen molar-refractivity contribution in [1.29, 1.82) is 0 Å². The number of aromatic amines is 1. The van der Waals surface area contributed by atoms with Crippen molar-refractivity contribution in [1.82, 2.24) is 9.97 Å². The van der Waals surface area contributed by atoms with E-state index in [1.807, 2.05) is 42.5 Å². The lowest BCUT2D eigenvalue weighted by Crippen LogP contribution is -1.83.